The molecule has 0 heterocycles. The number of nitrogens with two attached hydrogens (primary N) is 1. The molecule has 0 aliphatic heterocycles. The van der Waals surface area contributed by atoms with Crippen LogP contribution in [0.25, 0.3) is 6.15 Å². The summed E-state index contributed by atoms with van der Waals surface area (Å²) in [6, 6.07) is 0. The maximum absolute atomic E-state index is 3.68. The third-order valence-corrected chi connectivity index (χ3v) is 0.604. The van der Waals surface area contributed by atoms with E-state index in [1.54, 1.807) is 0 Å². The van der Waals surface area contributed by atoms with Crippen LogP contribution in [0.4, 0.5) is 0 Å². The predicted octanol–water partition coefficient (Wildman–Crippen LogP) is 2.73. The maximum Gasteiger partial charge on any atom is 3.00 e. The summed E-state index contributed by atoms with van der Waals surface area (Å²) >= 11 is 0. The molecule has 0 atom stereocenters. The number of unbranched alkanes of at least 4 members (excludes halogenated alkanes) is 2. The molecule has 7 heavy (non-hydrogen) atoms. The van der Waals surface area contributed by atoms with Crippen LogP contribution in [0, 0.1) is 6.92 Å². The summed E-state index contributed by atoms with van der Waals surface area (Å²) in [4.78, 5) is 0. The molecule has 0 fully saturated rings. The fraction of sp³-hybridized carbons (Fsp3) is 0.800. The van der Waals surface area contributed by atoms with Gasteiger partial charge in [0.05, 0.1) is 0 Å². The van der Waals surface area contributed by atoms with Crippen LogP contribution in [0.5, 0.6) is 0 Å². The van der Waals surface area contributed by atoms with Crippen LogP contribution in [0.1, 0.15) is 26.2 Å². The first-order valence-electron chi connectivity index (χ1n) is 2.21. The van der Waals surface area contributed by atoms with E-state index in [9.17, 15) is 0 Å². The molecule has 0 unspecified atom stereocenters. The molecule has 0 saturated heterocycles. The largest absolute Gasteiger partial charge is 3.00 e. The van der Waals surface area contributed by atoms with Crippen molar-refractivity contribution in [1.82, 2.24) is 0 Å². The van der Waals surface area contributed by atoms with E-state index in [1.807, 2.05) is 0 Å². The first-order chi connectivity index (χ1) is 2.41. The van der Waals surface area contributed by atoms with Gasteiger partial charge in [0, 0.05) is 0 Å². The number of rotatable bonds is 2. The SMILES string of the molecule is [CH2-]CCCC.[Ir+3].[NH2-]. The normalized spacial score (nSPS) is 6.00. The Labute approximate surface area is 59.8 Å². The van der Waals surface area contributed by atoms with E-state index in [0.29, 0.717) is 0 Å². The van der Waals surface area contributed by atoms with Gasteiger partial charge >= 0.3 is 20.1 Å². The number of hydrogen-bond donors (Lipinski definition) is 0. The predicted molar refractivity (Wildman–Crippen MR) is 30.2 cm³/mol. The van der Waals surface area contributed by atoms with Gasteiger partial charge in [-0.2, -0.15) is 6.42 Å². The minimum atomic E-state index is 0. The van der Waals surface area contributed by atoms with Crippen molar-refractivity contribution in [3.63, 3.8) is 0 Å². The van der Waals surface area contributed by atoms with Crippen molar-refractivity contribution in [3.05, 3.63) is 13.1 Å². The van der Waals surface area contributed by atoms with E-state index in [4.69, 9.17) is 0 Å². The van der Waals surface area contributed by atoms with E-state index in [-0.39, 0.29) is 26.3 Å². The fourth-order valence-corrected chi connectivity index (χ4v) is 0.250. The molecule has 2 heteroatoms. The first-order valence-corrected chi connectivity index (χ1v) is 2.21. The maximum atomic E-state index is 3.68. The Balaban J connectivity index is -0.0000000800. The molecule has 0 radical (unpaired) electrons. The molecule has 0 amide bonds. The third-order valence-electron chi connectivity index (χ3n) is 0.604. The minimum Gasteiger partial charge on any atom is -0.693 e. The summed E-state index contributed by atoms with van der Waals surface area (Å²) in [5.74, 6) is 0. The summed E-state index contributed by atoms with van der Waals surface area (Å²) in [6.07, 6.45) is 3.65. The molecule has 0 aromatic rings. The van der Waals surface area contributed by atoms with E-state index in [0.717, 1.165) is 6.42 Å². The topological polar surface area (TPSA) is 33.5 Å². The Hall–Kier alpha value is 0.609. The summed E-state index contributed by atoms with van der Waals surface area (Å²) in [7, 11) is 0. The summed E-state index contributed by atoms with van der Waals surface area (Å²) in [5.41, 5.74) is 0. The molecule has 0 aromatic carbocycles. The second-order valence-electron chi connectivity index (χ2n) is 1.21. The molecular formula is C5H13IrN+. The van der Waals surface area contributed by atoms with E-state index in [1.165, 1.54) is 12.8 Å². The van der Waals surface area contributed by atoms with Gasteiger partial charge in [-0.3, -0.25) is 0 Å². The molecule has 0 rings (SSSR count). The van der Waals surface area contributed by atoms with Crippen LogP contribution in [-0.4, -0.2) is 0 Å². The molecule has 0 aromatic heterocycles. The molecule has 0 bridgehead atoms. The van der Waals surface area contributed by atoms with E-state index < -0.39 is 0 Å². The van der Waals surface area contributed by atoms with E-state index >= 15 is 0 Å². The summed E-state index contributed by atoms with van der Waals surface area (Å²) in [6.45, 7) is 5.85. The van der Waals surface area contributed by atoms with Gasteiger partial charge < -0.3 is 13.1 Å². The van der Waals surface area contributed by atoms with Gasteiger partial charge in [-0.15, -0.1) is 0 Å². The van der Waals surface area contributed by atoms with Crippen molar-refractivity contribution in [2.24, 2.45) is 0 Å². The van der Waals surface area contributed by atoms with Crippen LogP contribution in [0.15, 0.2) is 0 Å². The van der Waals surface area contributed by atoms with Gasteiger partial charge in [0.2, 0.25) is 0 Å². The quantitative estimate of drug-likeness (QED) is 0.697. The summed E-state index contributed by atoms with van der Waals surface area (Å²) < 4.78 is 0. The van der Waals surface area contributed by atoms with Gasteiger partial charge in [0.15, 0.2) is 0 Å². The summed E-state index contributed by atoms with van der Waals surface area (Å²) in [5, 5.41) is 0. The Morgan fingerprint density at radius 3 is 1.86 bits per heavy atom. The zero-order valence-electron chi connectivity index (χ0n) is 4.74. The van der Waals surface area contributed by atoms with E-state index in [2.05, 4.69) is 13.8 Å². The van der Waals surface area contributed by atoms with Crippen LogP contribution < -0.4 is 0 Å². The van der Waals surface area contributed by atoms with Gasteiger partial charge in [-0.1, -0.05) is 19.8 Å². The molecule has 0 spiro atoms. The monoisotopic (exact) mass is 280 g/mol. The zero-order chi connectivity index (χ0) is 4.12. The van der Waals surface area contributed by atoms with Gasteiger partial charge in [-0.25, -0.2) is 0 Å². The average molecular weight is 279 g/mol. The minimum absolute atomic E-state index is 0. The van der Waals surface area contributed by atoms with Crippen LogP contribution in [-0.2, 0) is 20.1 Å². The van der Waals surface area contributed by atoms with Crippen molar-refractivity contribution in [2.45, 2.75) is 26.2 Å². The average Bonchev–Trinajstić information content (AvgIpc) is 1.41. The van der Waals surface area contributed by atoms with Crippen molar-refractivity contribution in [3.8, 4) is 0 Å². The number of hydrogen-bond acceptors (Lipinski definition) is 0. The Morgan fingerprint density at radius 2 is 1.86 bits per heavy atom. The first kappa shape index (κ1) is 15.6. The van der Waals surface area contributed by atoms with Gasteiger partial charge in [-0.05, 0) is 0 Å². The zero-order valence-corrected chi connectivity index (χ0v) is 7.13. The second-order valence-corrected chi connectivity index (χ2v) is 1.21. The molecular weight excluding hydrogens is 266 g/mol. The van der Waals surface area contributed by atoms with Crippen molar-refractivity contribution in [2.75, 3.05) is 0 Å². The second kappa shape index (κ2) is 16.0. The molecule has 0 aliphatic carbocycles. The molecule has 46 valence electrons. The van der Waals surface area contributed by atoms with Crippen molar-refractivity contribution < 1.29 is 20.1 Å². The molecule has 2 N–H and O–H groups in total. The van der Waals surface area contributed by atoms with Gasteiger partial charge in [0.1, 0.15) is 0 Å². The van der Waals surface area contributed by atoms with Crippen molar-refractivity contribution >= 4 is 0 Å². The Kier molecular flexibility index (Phi) is 35.7. The fourth-order valence-electron chi connectivity index (χ4n) is 0.250. The van der Waals surface area contributed by atoms with Crippen LogP contribution in [0.2, 0.25) is 0 Å². The van der Waals surface area contributed by atoms with Crippen LogP contribution in [0.3, 0.4) is 0 Å². The van der Waals surface area contributed by atoms with Crippen LogP contribution >= 0.6 is 0 Å². The molecule has 0 aliphatic rings. The molecule has 0 saturated carbocycles. The standard InChI is InChI=1S/C5H11.Ir.H2N/c1-3-5-4-2;;/h1,3-5H2,2H3;;1H2/q-1;+3;-1. The molecule has 1 nitrogen and oxygen atoms in total. The van der Waals surface area contributed by atoms with Gasteiger partial charge in [0.25, 0.3) is 0 Å². The Bertz CT molecular complexity index is 15.6. The third kappa shape index (κ3) is 20.6. The smallest absolute Gasteiger partial charge is 0.693 e. The Morgan fingerprint density at radius 1 is 1.43 bits per heavy atom. The van der Waals surface area contributed by atoms with Crippen molar-refractivity contribution in [1.29, 1.82) is 0 Å².